The molecule has 0 aromatic heterocycles. The molecule has 4 aromatic carbocycles. The minimum Gasteiger partial charge on any atom is -0.497 e. The van der Waals surface area contributed by atoms with Crippen molar-refractivity contribution in [3.05, 3.63) is 120 Å². The Morgan fingerprint density at radius 1 is 0.830 bits per heavy atom. The van der Waals surface area contributed by atoms with Crippen molar-refractivity contribution in [3.8, 4) is 11.5 Å². The number of amides is 2. The van der Waals surface area contributed by atoms with Gasteiger partial charge in [0.25, 0.3) is 10.0 Å². The number of methoxy groups -OCH3 is 2. The summed E-state index contributed by atoms with van der Waals surface area (Å²) in [7, 11) is -1.36. The van der Waals surface area contributed by atoms with E-state index < -0.39 is 28.5 Å². The molecule has 0 fully saturated rings. The van der Waals surface area contributed by atoms with Gasteiger partial charge in [-0.2, -0.15) is 0 Å². The molecule has 0 saturated heterocycles. The lowest BCUT2D eigenvalue weighted by Crippen LogP contribution is -2.54. The highest BCUT2D eigenvalue weighted by atomic mass is 32.2. The maximum Gasteiger partial charge on any atom is 0.264 e. The number of hydrogen-bond acceptors (Lipinski definition) is 6. The summed E-state index contributed by atoms with van der Waals surface area (Å²) in [6.07, 6.45) is 0.942. The molecule has 0 unspecified atom stereocenters. The lowest BCUT2D eigenvalue weighted by Gasteiger charge is -2.35. The van der Waals surface area contributed by atoms with Crippen LogP contribution in [-0.4, -0.2) is 58.0 Å². The van der Waals surface area contributed by atoms with Gasteiger partial charge in [-0.15, -0.1) is 0 Å². The summed E-state index contributed by atoms with van der Waals surface area (Å²) < 4.78 is 40.5. The first-order chi connectivity index (χ1) is 22.6. The summed E-state index contributed by atoms with van der Waals surface area (Å²) in [6.45, 7) is 5.35. The Labute approximate surface area is 278 Å². The van der Waals surface area contributed by atoms with Gasteiger partial charge in [-0.05, 0) is 73.4 Å². The number of nitrogens with zero attached hydrogens (tertiary/aromatic N) is 2. The molecule has 2 amide bonds. The molecule has 4 aromatic rings. The van der Waals surface area contributed by atoms with Crippen molar-refractivity contribution in [1.82, 2.24) is 10.2 Å². The molecule has 47 heavy (non-hydrogen) atoms. The molecular formula is C37H43N3O6S. The van der Waals surface area contributed by atoms with Crippen LogP contribution >= 0.6 is 0 Å². The van der Waals surface area contributed by atoms with E-state index >= 15 is 0 Å². The van der Waals surface area contributed by atoms with E-state index in [1.165, 1.54) is 31.3 Å². The van der Waals surface area contributed by atoms with Crippen LogP contribution in [0.25, 0.3) is 0 Å². The van der Waals surface area contributed by atoms with Crippen LogP contribution in [0.4, 0.5) is 5.69 Å². The van der Waals surface area contributed by atoms with E-state index in [1.807, 2.05) is 75.4 Å². The molecule has 0 aliphatic rings. The van der Waals surface area contributed by atoms with E-state index in [0.29, 0.717) is 12.2 Å². The normalized spacial score (nSPS) is 12.4. The second-order valence-electron chi connectivity index (χ2n) is 11.3. The standard InChI is InChI=1S/C37H43N3O6S/c1-6-28(3)38-37(42)34(24-29-15-8-7-9-16-29)39(25-30-17-11-10-14-27(30)2)36(41)26-40(33-18-12-13-19-35(33)46-5)47(43,44)32-22-20-31(45-4)21-23-32/h7-23,28,34H,6,24-26H2,1-5H3,(H,38,42)/t28-,34-/m1/s1. The number of carbonyl (C=O) groups excluding carboxylic acids is 2. The lowest BCUT2D eigenvalue weighted by molar-refractivity contribution is -0.140. The fraction of sp³-hybridized carbons (Fsp3) is 0.297. The number of ether oxygens (including phenoxy) is 2. The van der Waals surface area contributed by atoms with Gasteiger partial charge in [0.2, 0.25) is 11.8 Å². The topological polar surface area (TPSA) is 105 Å². The minimum atomic E-state index is -4.30. The Morgan fingerprint density at radius 3 is 2.11 bits per heavy atom. The summed E-state index contributed by atoms with van der Waals surface area (Å²) in [5, 5.41) is 3.06. The van der Waals surface area contributed by atoms with Crippen LogP contribution in [-0.2, 0) is 32.6 Å². The fourth-order valence-corrected chi connectivity index (χ4v) is 6.61. The molecule has 2 atom stereocenters. The van der Waals surface area contributed by atoms with E-state index in [1.54, 1.807) is 36.4 Å². The average molecular weight is 658 g/mol. The molecule has 1 N–H and O–H groups in total. The number of nitrogens with one attached hydrogen (secondary N) is 1. The molecule has 0 aliphatic carbocycles. The van der Waals surface area contributed by atoms with Gasteiger partial charge >= 0.3 is 0 Å². The molecule has 4 rings (SSSR count). The number of carbonyl (C=O) groups is 2. The van der Waals surface area contributed by atoms with Gasteiger partial charge in [-0.3, -0.25) is 13.9 Å². The highest BCUT2D eigenvalue weighted by Crippen LogP contribution is 2.33. The first kappa shape index (κ1) is 35.0. The largest absolute Gasteiger partial charge is 0.497 e. The van der Waals surface area contributed by atoms with Crippen LogP contribution in [0.5, 0.6) is 11.5 Å². The highest BCUT2D eigenvalue weighted by Gasteiger charge is 2.36. The zero-order valence-electron chi connectivity index (χ0n) is 27.6. The number of aryl methyl sites for hydroxylation is 1. The van der Waals surface area contributed by atoms with Crippen molar-refractivity contribution in [2.24, 2.45) is 0 Å². The molecule has 0 bridgehead atoms. The summed E-state index contributed by atoms with van der Waals surface area (Å²) >= 11 is 0. The number of para-hydroxylation sites is 2. The molecular weight excluding hydrogens is 614 g/mol. The average Bonchev–Trinajstić information content (AvgIpc) is 3.09. The van der Waals surface area contributed by atoms with Crippen LogP contribution in [0.15, 0.2) is 108 Å². The zero-order chi connectivity index (χ0) is 34.0. The summed E-state index contributed by atoms with van der Waals surface area (Å²) in [5.41, 5.74) is 2.85. The Hall–Kier alpha value is -4.83. The molecule has 0 heterocycles. The minimum absolute atomic E-state index is 0.0298. The second kappa shape index (κ2) is 16.1. The molecule has 10 heteroatoms. The van der Waals surface area contributed by atoms with Crippen LogP contribution in [0.3, 0.4) is 0 Å². The van der Waals surface area contributed by atoms with Crippen LogP contribution in [0.1, 0.15) is 37.0 Å². The van der Waals surface area contributed by atoms with E-state index in [0.717, 1.165) is 21.0 Å². The van der Waals surface area contributed by atoms with Crippen LogP contribution in [0.2, 0.25) is 0 Å². The Kier molecular flexibility index (Phi) is 12.0. The van der Waals surface area contributed by atoms with Gasteiger partial charge in [-0.1, -0.05) is 73.7 Å². The zero-order valence-corrected chi connectivity index (χ0v) is 28.4. The molecule has 9 nitrogen and oxygen atoms in total. The Balaban J connectivity index is 1.84. The number of hydrogen-bond donors (Lipinski definition) is 1. The second-order valence-corrected chi connectivity index (χ2v) is 13.2. The van der Waals surface area contributed by atoms with Crippen molar-refractivity contribution in [1.29, 1.82) is 0 Å². The van der Waals surface area contributed by atoms with Gasteiger partial charge < -0.3 is 19.7 Å². The van der Waals surface area contributed by atoms with Gasteiger partial charge in [0.15, 0.2) is 0 Å². The summed E-state index contributed by atoms with van der Waals surface area (Å²) in [4.78, 5) is 30.2. The molecule has 0 radical (unpaired) electrons. The van der Waals surface area contributed by atoms with Gasteiger partial charge in [-0.25, -0.2) is 8.42 Å². The van der Waals surface area contributed by atoms with Crippen molar-refractivity contribution in [3.63, 3.8) is 0 Å². The number of rotatable bonds is 15. The predicted octanol–water partition coefficient (Wildman–Crippen LogP) is 5.76. The fourth-order valence-electron chi connectivity index (χ4n) is 5.19. The summed E-state index contributed by atoms with van der Waals surface area (Å²) in [5.74, 6) is -0.0917. The highest BCUT2D eigenvalue weighted by molar-refractivity contribution is 7.92. The van der Waals surface area contributed by atoms with Crippen molar-refractivity contribution >= 4 is 27.5 Å². The Bertz CT molecular complexity index is 1750. The van der Waals surface area contributed by atoms with Gasteiger partial charge in [0.1, 0.15) is 24.1 Å². The van der Waals surface area contributed by atoms with Crippen LogP contribution in [0, 0.1) is 6.92 Å². The van der Waals surface area contributed by atoms with Crippen molar-refractivity contribution < 1.29 is 27.5 Å². The van der Waals surface area contributed by atoms with E-state index in [-0.39, 0.29) is 41.2 Å². The van der Waals surface area contributed by atoms with Crippen molar-refractivity contribution in [2.45, 2.75) is 57.1 Å². The Morgan fingerprint density at radius 2 is 1.47 bits per heavy atom. The lowest BCUT2D eigenvalue weighted by atomic mass is 10.0. The van der Waals surface area contributed by atoms with E-state index in [4.69, 9.17) is 9.47 Å². The third kappa shape index (κ3) is 8.71. The van der Waals surface area contributed by atoms with Crippen LogP contribution < -0.4 is 19.1 Å². The number of benzene rings is 4. The first-order valence-electron chi connectivity index (χ1n) is 15.6. The first-order valence-corrected chi connectivity index (χ1v) is 17.0. The molecule has 0 saturated carbocycles. The summed E-state index contributed by atoms with van der Waals surface area (Å²) in [6, 6.07) is 28.7. The predicted molar refractivity (Wildman–Crippen MR) is 184 cm³/mol. The maximum atomic E-state index is 14.7. The van der Waals surface area contributed by atoms with E-state index in [9.17, 15) is 18.0 Å². The van der Waals surface area contributed by atoms with Crippen molar-refractivity contribution in [2.75, 3.05) is 25.1 Å². The number of anilines is 1. The SMILES string of the molecule is CC[C@@H](C)NC(=O)[C@@H](Cc1ccccc1)N(Cc1ccccc1C)C(=O)CN(c1ccccc1OC)S(=O)(=O)c1ccc(OC)cc1. The van der Waals surface area contributed by atoms with E-state index in [2.05, 4.69) is 5.32 Å². The number of sulfonamides is 1. The van der Waals surface area contributed by atoms with Gasteiger partial charge in [0, 0.05) is 19.0 Å². The monoisotopic (exact) mass is 657 g/mol. The maximum absolute atomic E-state index is 14.7. The molecule has 248 valence electrons. The third-order valence-corrected chi connectivity index (χ3v) is 9.93. The van der Waals surface area contributed by atoms with Gasteiger partial charge in [0.05, 0.1) is 24.8 Å². The molecule has 0 aliphatic heterocycles. The smallest absolute Gasteiger partial charge is 0.264 e. The quantitative estimate of drug-likeness (QED) is 0.174. The molecule has 0 spiro atoms. The third-order valence-electron chi connectivity index (χ3n) is 8.15.